The van der Waals surface area contributed by atoms with Crippen molar-refractivity contribution < 1.29 is 29.0 Å². The van der Waals surface area contributed by atoms with Gasteiger partial charge in [-0.2, -0.15) is 9.50 Å². The topological polar surface area (TPSA) is 203 Å². The average molecular weight is 557 g/mol. The fraction of sp³-hybridized carbons (Fsp3) is 0.148. The molecule has 0 aliphatic carbocycles. The summed E-state index contributed by atoms with van der Waals surface area (Å²) < 4.78 is 6.49. The number of nitrogens with two attached hydrogens (primary N) is 1. The summed E-state index contributed by atoms with van der Waals surface area (Å²) in [6.07, 6.45) is 0. The molecule has 6 N–H and O–H groups in total. The smallest absolute Gasteiger partial charge is 0.335 e. The lowest BCUT2D eigenvalue weighted by molar-refractivity contribution is -0.118. The Morgan fingerprint density at radius 2 is 1.93 bits per heavy atom. The molecule has 208 valence electrons. The Morgan fingerprint density at radius 1 is 1.17 bits per heavy atom. The Morgan fingerprint density at radius 3 is 2.63 bits per heavy atom. The number of aromatic carboxylic acids is 1. The number of carboxylic acids is 1. The molecule has 0 radical (unpaired) electrons. The molecule has 14 nitrogen and oxygen atoms in total. The van der Waals surface area contributed by atoms with E-state index in [1.807, 2.05) is 6.07 Å². The molecule has 41 heavy (non-hydrogen) atoms. The van der Waals surface area contributed by atoms with Crippen LogP contribution in [-0.4, -0.2) is 55.0 Å². The van der Waals surface area contributed by atoms with Gasteiger partial charge in [0.25, 0.3) is 23.5 Å². The van der Waals surface area contributed by atoms with E-state index in [9.17, 15) is 19.2 Å². The molecule has 4 aromatic rings. The van der Waals surface area contributed by atoms with Gasteiger partial charge in [0.2, 0.25) is 5.82 Å². The lowest BCUT2D eigenvalue weighted by atomic mass is 10.1. The summed E-state index contributed by atoms with van der Waals surface area (Å²) in [5.41, 5.74) is 8.13. The van der Waals surface area contributed by atoms with Crippen LogP contribution in [0.15, 0.2) is 55.1 Å². The molecular weight excluding hydrogens is 532 g/mol. The SMILES string of the molecule is C=C(NCc1ccc2c(c1)NC(=O)CO2)c1cc(C(=O)N[C@@H](C)c2ccc(C(=O)O)cc2)n2nc(C(N)=O)nc2n1. The van der Waals surface area contributed by atoms with Gasteiger partial charge in [0.05, 0.1) is 28.7 Å². The highest BCUT2D eigenvalue weighted by Crippen LogP contribution is 2.28. The largest absolute Gasteiger partial charge is 0.482 e. The number of rotatable bonds is 9. The number of primary amides is 1. The van der Waals surface area contributed by atoms with Crippen LogP contribution in [0.2, 0.25) is 0 Å². The minimum atomic E-state index is -1.06. The Hall–Kier alpha value is -5.79. The second-order valence-corrected chi connectivity index (χ2v) is 9.16. The molecule has 0 saturated carbocycles. The Balaban J connectivity index is 1.39. The summed E-state index contributed by atoms with van der Waals surface area (Å²) in [7, 11) is 0. The summed E-state index contributed by atoms with van der Waals surface area (Å²) in [6, 6.07) is 12.4. The highest BCUT2D eigenvalue weighted by molar-refractivity contribution is 5.96. The number of ether oxygens (including phenoxy) is 1. The van der Waals surface area contributed by atoms with Gasteiger partial charge in [-0.15, -0.1) is 5.10 Å². The number of carbonyl (C=O) groups is 4. The van der Waals surface area contributed by atoms with E-state index in [1.54, 1.807) is 31.2 Å². The molecule has 0 bridgehead atoms. The van der Waals surface area contributed by atoms with E-state index in [0.29, 0.717) is 29.2 Å². The number of nitrogens with zero attached hydrogens (tertiary/aromatic N) is 4. The van der Waals surface area contributed by atoms with Gasteiger partial charge >= 0.3 is 5.97 Å². The number of carboxylic acid groups (broad SMARTS) is 1. The first-order valence-electron chi connectivity index (χ1n) is 12.3. The first-order valence-corrected chi connectivity index (χ1v) is 12.3. The fourth-order valence-electron chi connectivity index (χ4n) is 4.10. The van der Waals surface area contributed by atoms with Crippen molar-refractivity contribution >= 4 is 40.9 Å². The molecule has 3 heterocycles. The molecule has 5 rings (SSSR count). The van der Waals surface area contributed by atoms with E-state index < -0.39 is 23.8 Å². The zero-order valence-electron chi connectivity index (χ0n) is 21.7. The monoisotopic (exact) mass is 556 g/mol. The number of fused-ring (bicyclic) bond motifs is 2. The number of aromatic nitrogens is 4. The third-order valence-electron chi connectivity index (χ3n) is 6.26. The lowest BCUT2D eigenvalue weighted by Crippen LogP contribution is -2.29. The van der Waals surface area contributed by atoms with Gasteiger partial charge in [0, 0.05) is 6.54 Å². The third-order valence-corrected chi connectivity index (χ3v) is 6.26. The van der Waals surface area contributed by atoms with Gasteiger partial charge in [-0.05, 0) is 48.4 Å². The summed E-state index contributed by atoms with van der Waals surface area (Å²) in [5, 5.41) is 21.9. The predicted molar refractivity (Wildman–Crippen MR) is 145 cm³/mol. The quantitative estimate of drug-likeness (QED) is 0.201. The van der Waals surface area contributed by atoms with Crippen molar-refractivity contribution in [3.05, 3.63) is 89.0 Å². The zero-order valence-corrected chi connectivity index (χ0v) is 21.7. The first kappa shape index (κ1) is 26.8. The minimum Gasteiger partial charge on any atom is -0.482 e. The van der Waals surface area contributed by atoms with Crippen LogP contribution in [0.3, 0.4) is 0 Å². The van der Waals surface area contributed by atoms with Crippen molar-refractivity contribution in [2.45, 2.75) is 19.5 Å². The van der Waals surface area contributed by atoms with Gasteiger partial charge in [0.15, 0.2) is 6.61 Å². The van der Waals surface area contributed by atoms with E-state index in [1.165, 1.54) is 18.2 Å². The molecule has 0 unspecified atom stereocenters. The molecule has 1 atom stereocenters. The van der Waals surface area contributed by atoms with Crippen LogP contribution in [0.4, 0.5) is 5.69 Å². The molecule has 2 aromatic carbocycles. The molecule has 3 amide bonds. The number of carbonyl (C=O) groups excluding carboxylic acids is 3. The van der Waals surface area contributed by atoms with E-state index in [-0.39, 0.29) is 41.1 Å². The maximum absolute atomic E-state index is 13.4. The predicted octanol–water partition coefficient (Wildman–Crippen LogP) is 1.50. The maximum Gasteiger partial charge on any atom is 0.335 e. The summed E-state index contributed by atoms with van der Waals surface area (Å²) in [5.74, 6) is -2.56. The normalized spacial score (nSPS) is 13.0. The van der Waals surface area contributed by atoms with Crippen LogP contribution in [-0.2, 0) is 11.3 Å². The number of hydrogen-bond donors (Lipinski definition) is 5. The maximum atomic E-state index is 13.4. The van der Waals surface area contributed by atoms with E-state index in [0.717, 1.165) is 10.1 Å². The van der Waals surface area contributed by atoms with Gasteiger partial charge in [0.1, 0.15) is 11.4 Å². The number of amides is 3. The number of anilines is 1. The molecule has 2 aromatic heterocycles. The van der Waals surface area contributed by atoms with Crippen LogP contribution in [0.25, 0.3) is 11.5 Å². The number of nitrogens with one attached hydrogen (secondary N) is 3. The van der Waals surface area contributed by atoms with E-state index >= 15 is 0 Å². The zero-order chi connectivity index (χ0) is 29.3. The molecule has 14 heteroatoms. The van der Waals surface area contributed by atoms with Crippen molar-refractivity contribution in [1.29, 1.82) is 0 Å². The second-order valence-electron chi connectivity index (χ2n) is 9.16. The summed E-state index contributed by atoms with van der Waals surface area (Å²) in [4.78, 5) is 56.3. The third kappa shape index (κ3) is 5.66. The van der Waals surface area contributed by atoms with Crippen LogP contribution in [0, 0.1) is 0 Å². The summed E-state index contributed by atoms with van der Waals surface area (Å²) in [6.45, 7) is 6.02. The lowest BCUT2D eigenvalue weighted by Gasteiger charge is -2.19. The highest BCUT2D eigenvalue weighted by Gasteiger charge is 2.22. The van der Waals surface area contributed by atoms with E-state index in [4.69, 9.17) is 15.6 Å². The standard InChI is InChI=1S/C27H24N8O6/c1-13(16-4-6-17(7-5-16)26(39)40)30-25(38)20-10-18(32-27-33-24(23(28)37)34-35(20)27)14(2)29-11-15-3-8-21-19(9-15)31-22(36)12-41-21/h3-10,13,29H,2,11-12H2,1H3,(H2,28,37)(H,30,38)(H,31,36)(H,39,40)/t13-/m0/s1. The Labute approximate surface area is 232 Å². The van der Waals surface area contributed by atoms with Gasteiger partial charge in [-0.3, -0.25) is 14.4 Å². The van der Waals surface area contributed by atoms with Gasteiger partial charge < -0.3 is 31.5 Å². The Kier molecular flexibility index (Phi) is 7.04. The first-order chi connectivity index (χ1) is 19.6. The van der Waals surface area contributed by atoms with Crippen molar-refractivity contribution in [1.82, 2.24) is 30.2 Å². The van der Waals surface area contributed by atoms with Crippen molar-refractivity contribution in [2.75, 3.05) is 11.9 Å². The fourth-order valence-corrected chi connectivity index (χ4v) is 4.10. The molecular formula is C27H24N8O6. The molecule has 1 aliphatic heterocycles. The minimum absolute atomic E-state index is 0.00981. The molecule has 0 spiro atoms. The molecule has 0 fully saturated rings. The molecule has 1 aliphatic rings. The van der Waals surface area contributed by atoms with Crippen LogP contribution in [0.5, 0.6) is 5.75 Å². The van der Waals surface area contributed by atoms with Crippen molar-refractivity contribution in [3.63, 3.8) is 0 Å². The van der Waals surface area contributed by atoms with Crippen molar-refractivity contribution in [2.24, 2.45) is 5.73 Å². The number of benzene rings is 2. The van der Waals surface area contributed by atoms with Crippen molar-refractivity contribution in [3.8, 4) is 5.75 Å². The van der Waals surface area contributed by atoms with Gasteiger partial charge in [-0.1, -0.05) is 24.8 Å². The Bertz CT molecular complexity index is 1730. The van der Waals surface area contributed by atoms with Crippen LogP contribution < -0.4 is 26.4 Å². The average Bonchev–Trinajstić information content (AvgIpc) is 3.40. The molecule has 0 saturated heterocycles. The number of hydrogen-bond acceptors (Lipinski definition) is 9. The summed E-state index contributed by atoms with van der Waals surface area (Å²) >= 11 is 0. The van der Waals surface area contributed by atoms with Gasteiger partial charge in [-0.25, -0.2) is 9.78 Å². The van der Waals surface area contributed by atoms with Crippen LogP contribution in [0.1, 0.15) is 61.3 Å². The highest BCUT2D eigenvalue weighted by atomic mass is 16.5. The van der Waals surface area contributed by atoms with Crippen LogP contribution >= 0.6 is 0 Å². The van der Waals surface area contributed by atoms with E-state index in [2.05, 4.69) is 37.6 Å². The second kappa shape index (κ2) is 10.8.